The van der Waals surface area contributed by atoms with E-state index < -0.39 is 0 Å². The van der Waals surface area contributed by atoms with Gasteiger partial charge in [0.25, 0.3) is 5.52 Å². The zero-order chi connectivity index (χ0) is 19.5. The summed E-state index contributed by atoms with van der Waals surface area (Å²) >= 11 is 0. The number of aromatic nitrogens is 1. The van der Waals surface area contributed by atoms with Crippen LogP contribution in [0.2, 0.25) is 0 Å². The minimum atomic E-state index is 0.746. The van der Waals surface area contributed by atoms with Crippen LogP contribution in [0.5, 0.6) is 5.75 Å². The van der Waals surface area contributed by atoms with Gasteiger partial charge >= 0.3 is 5.89 Å². The number of benzene rings is 4. The van der Waals surface area contributed by atoms with Gasteiger partial charge in [0.2, 0.25) is 11.5 Å². The van der Waals surface area contributed by atoms with Crippen molar-refractivity contribution in [3.05, 3.63) is 84.6 Å². The Morgan fingerprint density at radius 3 is 2.34 bits per heavy atom. The molecule has 0 fully saturated rings. The summed E-state index contributed by atoms with van der Waals surface area (Å²) in [6.07, 6.45) is 1.96. The zero-order valence-electron chi connectivity index (χ0n) is 16.2. The summed E-state index contributed by atoms with van der Waals surface area (Å²) in [5.41, 5.74) is 3.03. The SMILES string of the molecule is CN1/C(=C/c2oc3ccc4ccccc4c3[n+]2C)Oc2ccc3ccccc3c21. The first-order chi connectivity index (χ1) is 14.2. The highest BCUT2D eigenvalue weighted by atomic mass is 16.5. The Balaban J connectivity index is 1.51. The summed E-state index contributed by atoms with van der Waals surface area (Å²) in [7, 11) is 4.06. The van der Waals surface area contributed by atoms with E-state index >= 15 is 0 Å². The number of rotatable bonds is 1. The van der Waals surface area contributed by atoms with Crippen LogP contribution in [-0.4, -0.2) is 7.05 Å². The fraction of sp³-hybridized carbons (Fsp3) is 0.0800. The van der Waals surface area contributed by atoms with E-state index in [1.165, 1.54) is 21.5 Å². The first-order valence-electron chi connectivity index (χ1n) is 9.66. The van der Waals surface area contributed by atoms with Crippen LogP contribution in [0.4, 0.5) is 5.69 Å². The molecule has 1 aliphatic rings. The van der Waals surface area contributed by atoms with E-state index in [2.05, 4.69) is 70.1 Å². The molecule has 1 aromatic heterocycles. The summed E-state index contributed by atoms with van der Waals surface area (Å²) in [5.74, 6) is 2.35. The first kappa shape index (κ1) is 16.2. The fourth-order valence-corrected chi connectivity index (χ4v) is 4.27. The Hall–Kier alpha value is -3.79. The lowest BCUT2D eigenvalue weighted by Crippen LogP contribution is -2.30. The number of nitrogens with zero attached hydrogens (tertiary/aromatic N) is 2. The first-order valence-corrected chi connectivity index (χ1v) is 9.66. The Morgan fingerprint density at radius 1 is 0.828 bits per heavy atom. The number of oxazole rings is 1. The van der Waals surface area contributed by atoms with Crippen LogP contribution >= 0.6 is 0 Å². The molecular formula is C25H19N2O2+. The van der Waals surface area contributed by atoms with Crippen molar-refractivity contribution in [2.45, 2.75) is 0 Å². The molecule has 0 amide bonds. The van der Waals surface area contributed by atoms with Crippen LogP contribution in [0.15, 0.2) is 83.1 Å². The fourth-order valence-electron chi connectivity index (χ4n) is 4.27. The second kappa shape index (κ2) is 5.85. The van der Waals surface area contributed by atoms with Crippen molar-refractivity contribution in [3.63, 3.8) is 0 Å². The van der Waals surface area contributed by atoms with E-state index in [-0.39, 0.29) is 0 Å². The molecule has 0 bridgehead atoms. The molecule has 4 heteroatoms. The second-order valence-electron chi connectivity index (χ2n) is 7.41. The molecule has 1 aliphatic heterocycles. The molecule has 5 aromatic rings. The lowest BCUT2D eigenvalue weighted by molar-refractivity contribution is -0.651. The van der Waals surface area contributed by atoms with Gasteiger partial charge in [0.05, 0.1) is 11.1 Å². The monoisotopic (exact) mass is 379 g/mol. The molecule has 0 saturated carbocycles. The molecule has 0 atom stereocenters. The van der Waals surface area contributed by atoms with Gasteiger partial charge in [0, 0.05) is 12.4 Å². The Morgan fingerprint density at radius 2 is 1.52 bits per heavy atom. The van der Waals surface area contributed by atoms with E-state index in [1.54, 1.807) is 0 Å². The maximum absolute atomic E-state index is 6.18. The molecule has 2 heterocycles. The molecule has 0 N–H and O–H groups in total. The smallest absolute Gasteiger partial charge is 0.379 e. The Bertz CT molecular complexity index is 1460. The zero-order valence-corrected chi connectivity index (χ0v) is 16.2. The van der Waals surface area contributed by atoms with Gasteiger partial charge in [-0.15, -0.1) is 0 Å². The van der Waals surface area contributed by atoms with Gasteiger partial charge in [-0.25, -0.2) is 0 Å². The molecule has 6 rings (SSSR count). The standard InChI is InChI=1S/C25H19N2O2/c1-26-22(28-20-13-11-16-7-3-5-9-18(16)24(20)26)15-23-27(2)25-19-10-6-4-8-17(19)12-14-21(25)29-23/h3-15H,1-2H3/q+1. The lowest BCUT2D eigenvalue weighted by atomic mass is 10.1. The van der Waals surface area contributed by atoms with Crippen LogP contribution in [-0.2, 0) is 7.05 Å². The van der Waals surface area contributed by atoms with Crippen molar-refractivity contribution in [2.75, 3.05) is 11.9 Å². The molecule has 140 valence electrons. The molecule has 0 aliphatic carbocycles. The van der Waals surface area contributed by atoms with Crippen LogP contribution < -0.4 is 14.2 Å². The average Bonchev–Trinajstić information content (AvgIpc) is 3.25. The van der Waals surface area contributed by atoms with Crippen LogP contribution in [0.1, 0.15) is 5.89 Å². The maximum Gasteiger partial charge on any atom is 0.379 e. The molecule has 29 heavy (non-hydrogen) atoms. The van der Waals surface area contributed by atoms with E-state index in [0.29, 0.717) is 0 Å². The van der Waals surface area contributed by atoms with E-state index in [0.717, 1.165) is 34.3 Å². The molecule has 4 nitrogen and oxygen atoms in total. The predicted octanol–water partition coefficient (Wildman–Crippen LogP) is 5.39. The summed E-state index contributed by atoms with van der Waals surface area (Å²) in [6.45, 7) is 0. The molecule has 0 radical (unpaired) electrons. The molecule has 4 aromatic carbocycles. The van der Waals surface area contributed by atoms with Gasteiger partial charge in [0.15, 0.2) is 5.75 Å². The summed E-state index contributed by atoms with van der Waals surface area (Å²) < 4.78 is 14.5. The molecular weight excluding hydrogens is 360 g/mol. The third kappa shape index (κ3) is 2.29. The van der Waals surface area contributed by atoms with Crippen molar-refractivity contribution in [1.82, 2.24) is 0 Å². The highest BCUT2D eigenvalue weighted by molar-refractivity contribution is 6.02. The number of ether oxygens (including phenoxy) is 1. The summed E-state index contributed by atoms with van der Waals surface area (Å²) in [5, 5.41) is 4.75. The van der Waals surface area contributed by atoms with Crippen LogP contribution in [0.25, 0.3) is 38.7 Å². The minimum absolute atomic E-state index is 0.746. The van der Waals surface area contributed by atoms with Crippen molar-refractivity contribution < 1.29 is 13.7 Å². The van der Waals surface area contributed by atoms with E-state index in [4.69, 9.17) is 9.15 Å². The van der Waals surface area contributed by atoms with E-state index in [1.807, 2.05) is 32.3 Å². The van der Waals surface area contributed by atoms with Crippen molar-refractivity contribution in [2.24, 2.45) is 7.05 Å². The van der Waals surface area contributed by atoms with Crippen molar-refractivity contribution >= 4 is 44.4 Å². The number of anilines is 1. The van der Waals surface area contributed by atoms with Crippen LogP contribution in [0, 0.1) is 0 Å². The maximum atomic E-state index is 6.18. The van der Waals surface area contributed by atoms with Gasteiger partial charge < -0.3 is 14.1 Å². The topological polar surface area (TPSA) is 29.5 Å². The van der Waals surface area contributed by atoms with Gasteiger partial charge in [-0.1, -0.05) is 54.6 Å². The highest BCUT2D eigenvalue weighted by Gasteiger charge is 2.28. The van der Waals surface area contributed by atoms with Gasteiger partial charge in [-0.05, 0) is 29.0 Å². The number of hydrogen-bond donors (Lipinski definition) is 0. The number of fused-ring (bicyclic) bond motifs is 6. The van der Waals surface area contributed by atoms with E-state index in [9.17, 15) is 0 Å². The number of hydrogen-bond acceptors (Lipinski definition) is 3. The van der Waals surface area contributed by atoms with Gasteiger partial charge in [-0.3, -0.25) is 0 Å². The molecule has 0 saturated heterocycles. The predicted molar refractivity (Wildman–Crippen MR) is 116 cm³/mol. The molecule has 0 spiro atoms. The van der Waals surface area contributed by atoms with Crippen molar-refractivity contribution in [1.29, 1.82) is 0 Å². The van der Waals surface area contributed by atoms with Gasteiger partial charge in [0.1, 0.15) is 13.1 Å². The lowest BCUT2D eigenvalue weighted by Gasteiger charge is -2.12. The largest absolute Gasteiger partial charge is 0.438 e. The quantitative estimate of drug-likeness (QED) is 0.366. The summed E-state index contributed by atoms with van der Waals surface area (Å²) in [6, 6.07) is 25.0. The average molecular weight is 379 g/mol. The normalized spacial score (nSPS) is 14.8. The third-order valence-electron chi connectivity index (χ3n) is 5.74. The number of aryl methyl sites for hydroxylation is 1. The van der Waals surface area contributed by atoms with Crippen molar-refractivity contribution in [3.8, 4) is 5.75 Å². The minimum Gasteiger partial charge on any atom is -0.438 e. The third-order valence-corrected chi connectivity index (χ3v) is 5.74. The molecule has 0 unspecified atom stereocenters. The highest BCUT2D eigenvalue weighted by Crippen LogP contribution is 2.43. The van der Waals surface area contributed by atoms with Gasteiger partial charge in [-0.2, -0.15) is 4.57 Å². The van der Waals surface area contributed by atoms with Crippen LogP contribution in [0.3, 0.4) is 0 Å². The Labute approximate surface area is 167 Å². The Kier molecular flexibility index (Phi) is 3.27. The second-order valence-corrected chi connectivity index (χ2v) is 7.41. The summed E-state index contributed by atoms with van der Waals surface area (Å²) in [4.78, 5) is 2.09.